The Labute approximate surface area is 145 Å². The maximum absolute atomic E-state index is 9.93. The van der Waals surface area contributed by atoms with Crippen molar-refractivity contribution in [3.05, 3.63) is 53.9 Å². The van der Waals surface area contributed by atoms with Crippen LogP contribution in [0.15, 0.2) is 42.5 Å². The summed E-state index contributed by atoms with van der Waals surface area (Å²) in [7, 11) is 1.59. The third-order valence-corrected chi connectivity index (χ3v) is 3.79. The minimum atomic E-state index is -0.516. The van der Waals surface area contributed by atoms with Crippen LogP contribution in [0, 0.1) is 0 Å². The van der Waals surface area contributed by atoms with Crippen molar-refractivity contribution in [1.29, 1.82) is 0 Å². The SMILES string of the molecule is CCOc1cc(C(N)c2nc(-c3ccccc3O)n[nH]2)ccc1OC. The highest BCUT2D eigenvalue weighted by molar-refractivity contribution is 5.63. The molecule has 0 fully saturated rings. The second kappa shape index (κ2) is 7.23. The number of aromatic nitrogens is 3. The summed E-state index contributed by atoms with van der Waals surface area (Å²) in [5, 5.41) is 16.9. The Kier molecular flexibility index (Phi) is 4.85. The molecule has 7 heteroatoms. The normalized spacial score (nSPS) is 12.0. The highest BCUT2D eigenvalue weighted by Gasteiger charge is 2.18. The van der Waals surface area contributed by atoms with Gasteiger partial charge in [0.05, 0.1) is 25.3 Å². The lowest BCUT2D eigenvalue weighted by molar-refractivity contribution is 0.310. The lowest BCUT2D eigenvalue weighted by Crippen LogP contribution is -2.14. The molecule has 1 atom stereocenters. The first kappa shape index (κ1) is 16.8. The van der Waals surface area contributed by atoms with Gasteiger partial charge in [0.15, 0.2) is 17.3 Å². The number of aromatic hydroxyl groups is 1. The van der Waals surface area contributed by atoms with E-state index in [1.165, 1.54) is 0 Å². The average molecular weight is 340 g/mol. The summed E-state index contributed by atoms with van der Waals surface area (Å²) >= 11 is 0. The molecule has 0 spiro atoms. The minimum Gasteiger partial charge on any atom is -0.507 e. The van der Waals surface area contributed by atoms with Crippen LogP contribution in [0.3, 0.4) is 0 Å². The molecule has 0 saturated heterocycles. The molecular formula is C18H20N4O3. The minimum absolute atomic E-state index is 0.115. The summed E-state index contributed by atoms with van der Waals surface area (Å²) in [4.78, 5) is 4.41. The van der Waals surface area contributed by atoms with Crippen molar-refractivity contribution in [2.45, 2.75) is 13.0 Å². The van der Waals surface area contributed by atoms with E-state index in [2.05, 4.69) is 15.2 Å². The van der Waals surface area contributed by atoms with E-state index in [0.29, 0.717) is 35.3 Å². The summed E-state index contributed by atoms with van der Waals surface area (Å²) < 4.78 is 10.9. The molecule has 0 amide bonds. The van der Waals surface area contributed by atoms with Crippen LogP contribution < -0.4 is 15.2 Å². The average Bonchev–Trinajstić information content (AvgIpc) is 3.11. The molecule has 3 aromatic rings. The number of hydrogen-bond donors (Lipinski definition) is 3. The number of ether oxygens (including phenoxy) is 2. The number of rotatable bonds is 6. The van der Waals surface area contributed by atoms with E-state index >= 15 is 0 Å². The Bertz CT molecular complexity index is 863. The monoisotopic (exact) mass is 340 g/mol. The van der Waals surface area contributed by atoms with Gasteiger partial charge in [-0.05, 0) is 36.8 Å². The maximum atomic E-state index is 9.93. The van der Waals surface area contributed by atoms with Gasteiger partial charge in [-0.25, -0.2) is 4.98 Å². The van der Waals surface area contributed by atoms with Gasteiger partial charge in [-0.15, -0.1) is 0 Å². The van der Waals surface area contributed by atoms with E-state index in [1.54, 1.807) is 31.4 Å². The van der Waals surface area contributed by atoms with E-state index < -0.39 is 6.04 Å². The number of methoxy groups -OCH3 is 1. The van der Waals surface area contributed by atoms with Gasteiger partial charge >= 0.3 is 0 Å². The van der Waals surface area contributed by atoms with Gasteiger partial charge in [0.25, 0.3) is 0 Å². The van der Waals surface area contributed by atoms with E-state index in [1.807, 2.05) is 25.1 Å². The third kappa shape index (κ3) is 3.41. The first-order valence-corrected chi connectivity index (χ1v) is 7.91. The summed E-state index contributed by atoms with van der Waals surface area (Å²) in [5.41, 5.74) is 7.66. The molecule has 0 aliphatic heterocycles. The molecule has 0 bridgehead atoms. The molecule has 1 heterocycles. The van der Waals surface area contributed by atoms with Crippen molar-refractivity contribution in [1.82, 2.24) is 15.2 Å². The summed E-state index contributed by atoms with van der Waals surface area (Å²) in [6.45, 7) is 2.43. The second-order valence-electron chi connectivity index (χ2n) is 5.38. The summed E-state index contributed by atoms with van der Waals surface area (Å²) in [5.74, 6) is 2.27. The maximum Gasteiger partial charge on any atom is 0.184 e. The fourth-order valence-corrected chi connectivity index (χ4v) is 2.51. The Morgan fingerprint density at radius 1 is 1.20 bits per heavy atom. The quantitative estimate of drug-likeness (QED) is 0.637. The first-order chi connectivity index (χ1) is 12.1. The van der Waals surface area contributed by atoms with Crippen LogP contribution in [0.4, 0.5) is 0 Å². The lowest BCUT2D eigenvalue weighted by Gasteiger charge is -2.14. The number of phenols is 1. The zero-order valence-corrected chi connectivity index (χ0v) is 14.1. The molecule has 130 valence electrons. The Balaban J connectivity index is 1.90. The molecule has 1 unspecified atom stereocenters. The van der Waals surface area contributed by atoms with Gasteiger partial charge < -0.3 is 20.3 Å². The molecule has 7 nitrogen and oxygen atoms in total. The summed E-state index contributed by atoms with van der Waals surface area (Å²) in [6, 6.07) is 11.9. The van der Waals surface area contributed by atoms with Crippen LogP contribution in [0.1, 0.15) is 24.4 Å². The van der Waals surface area contributed by atoms with E-state index in [9.17, 15) is 5.11 Å². The number of hydrogen-bond acceptors (Lipinski definition) is 6. The van der Waals surface area contributed by atoms with Crippen LogP contribution in [0.25, 0.3) is 11.4 Å². The van der Waals surface area contributed by atoms with Gasteiger partial charge in [0.1, 0.15) is 11.6 Å². The third-order valence-electron chi connectivity index (χ3n) is 3.79. The highest BCUT2D eigenvalue weighted by Crippen LogP contribution is 2.32. The first-order valence-electron chi connectivity index (χ1n) is 7.91. The fourth-order valence-electron chi connectivity index (χ4n) is 2.51. The van der Waals surface area contributed by atoms with Gasteiger partial charge in [-0.2, -0.15) is 5.10 Å². The van der Waals surface area contributed by atoms with Crippen molar-refractivity contribution in [2.24, 2.45) is 5.73 Å². The fraction of sp³-hybridized carbons (Fsp3) is 0.222. The van der Waals surface area contributed by atoms with Crippen LogP contribution in [-0.4, -0.2) is 34.0 Å². The van der Waals surface area contributed by atoms with Crippen molar-refractivity contribution >= 4 is 0 Å². The standard InChI is InChI=1S/C18H20N4O3/c1-3-25-15-10-11(8-9-14(15)24-2)16(19)18-20-17(21-22-18)12-6-4-5-7-13(12)23/h4-10,16,23H,3,19H2,1-2H3,(H,20,21,22). The predicted molar refractivity (Wildman–Crippen MR) is 93.7 cm³/mol. The second-order valence-corrected chi connectivity index (χ2v) is 5.38. The number of benzene rings is 2. The van der Waals surface area contributed by atoms with Crippen molar-refractivity contribution in [3.8, 4) is 28.6 Å². The lowest BCUT2D eigenvalue weighted by atomic mass is 10.1. The smallest absolute Gasteiger partial charge is 0.184 e. The van der Waals surface area contributed by atoms with E-state index in [-0.39, 0.29) is 5.75 Å². The van der Waals surface area contributed by atoms with Crippen LogP contribution in [0.5, 0.6) is 17.2 Å². The number of H-pyrrole nitrogens is 1. The van der Waals surface area contributed by atoms with Gasteiger partial charge in [-0.1, -0.05) is 18.2 Å². The molecule has 3 rings (SSSR count). The Morgan fingerprint density at radius 2 is 2.00 bits per heavy atom. The molecule has 0 saturated carbocycles. The van der Waals surface area contributed by atoms with Crippen molar-refractivity contribution in [2.75, 3.05) is 13.7 Å². The molecule has 25 heavy (non-hydrogen) atoms. The topological polar surface area (TPSA) is 106 Å². The molecule has 0 aliphatic rings. The van der Waals surface area contributed by atoms with Crippen molar-refractivity contribution in [3.63, 3.8) is 0 Å². The number of nitrogens with one attached hydrogen (secondary N) is 1. The number of para-hydroxylation sites is 1. The van der Waals surface area contributed by atoms with Crippen LogP contribution in [-0.2, 0) is 0 Å². The highest BCUT2D eigenvalue weighted by atomic mass is 16.5. The number of phenolic OH excluding ortho intramolecular Hbond substituents is 1. The van der Waals surface area contributed by atoms with Crippen LogP contribution >= 0.6 is 0 Å². The summed E-state index contributed by atoms with van der Waals surface area (Å²) in [6.07, 6.45) is 0. The molecule has 0 aliphatic carbocycles. The molecular weight excluding hydrogens is 320 g/mol. The van der Waals surface area contributed by atoms with E-state index in [0.717, 1.165) is 5.56 Å². The molecule has 0 radical (unpaired) electrons. The zero-order chi connectivity index (χ0) is 17.8. The predicted octanol–water partition coefficient (Wildman–Crippen LogP) is 2.63. The van der Waals surface area contributed by atoms with Gasteiger partial charge in [0, 0.05) is 0 Å². The molecule has 4 N–H and O–H groups in total. The van der Waals surface area contributed by atoms with Gasteiger partial charge in [0.2, 0.25) is 0 Å². The molecule has 1 aromatic heterocycles. The van der Waals surface area contributed by atoms with Crippen LogP contribution in [0.2, 0.25) is 0 Å². The Morgan fingerprint density at radius 3 is 2.72 bits per heavy atom. The largest absolute Gasteiger partial charge is 0.507 e. The molecule has 2 aromatic carbocycles. The number of nitrogens with zero attached hydrogens (tertiary/aromatic N) is 2. The Hall–Kier alpha value is -3.06. The van der Waals surface area contributed by atoms with E-state index in [4.69, 9.17) is 15.2 Å². The number of aromatic amines is 1. The number of nitrogens with two attached hydrogens (primary N) is 1. The van der Waals surface area contributed by atoms with Crippen molar-refractivity contribution < 1.29 is 14.6 Å². The zero-order valence-electron chi connectivity index (χ0n) is 14.1. The van der Waals surface area contributed by atoms with Gasteiger partial charge in [-0.3, -0.25) is 5.10 Å².